The molecule has 0 fully saturated rings. The third-order valence-electron chi connectivity index (χ3n) is 4.07. The van der Waals surface area contributed by atoms with Crippen LogP contribution in [0.2, 0.25) is 0 Å². The van der Waals surface area contributed by atoms with Crippen molar-refractivity contribution in [3.63, 3.8) is 0 Å². The maximum absolute atomic E-state index is 5.86. The molecular formula is C19H21N3O2. The summed E-state index contributed by atoms with van der Waals surface area (Å²) >= 11 is 0. The van der Waals surface area contributed by atoms with Crippen molar-refractivity contribution in [2.24, 2.45) is 0 Å². The molecular weight excluding hydrogens is 302 g/mol. The van der Waals surface area contributed by atoms with Gasteiger partial charge in [0.1, 0.15) is 5.75 Å². The van der Waals surface area contributed by atoms with Gasteiger partial charge in [0.15, 0.2) is 0 Å². The first-order valence-corrected chi connectivity index (χ1v) is 7.89. The van der Waals surface area contributed by atoms with Gasteiger partial charge in [-0.3, -0.25) is 4.90 Å². The maximum Gasteiger partial charge on any atom is 0.247 e. The fourth-order valence-corrected chi connectivity index (χ4v) is 2.45. The molecule has 0 saturated heterocycles. The molecule has 24 heavy (non-hydrogen) atoms. The summed E-state index contributed by atoms with van der Waals surface area (Å²) in [6.45, 7) is 2.89. The molecule has 2 aromatic carbocycles. The van der Waals surface area contributed by atoms with Crippen molar-refractivity contribution in [1.82, 2.24) is 15.1 Å². The highest BCUT2D eigenvalue weighted by atomic mass is 16.5. The number of aromatic nitrogens is 2. The molecule has 0 amide bonds. The molecule has 0 N–H and O–H groups in total. The molecule has 0 radical (unpaired) electrons. The Morgan fingerprint density at radius 2 is 1.75 bits per heavy atom. The van der Waals surface area contributed by atoms with Crippen LogP contribution in [0.15, 0.2) is 59.0 Å². The van der Waals surface area contributed by atoms with Crippen LogP contribution in [0.1, 0.15) is 24.4 Å². The molecule has 1 aromatic heterocycles. The average Bonchev–Trinajstić information content (AvgIpc) is 3.12. The molecule has 124 valence electrons. The van der Waals surface area contributed by atoms with Crippen LogP contribution in [-0.2, 0) is 6.54 Å². The topological polar surface area (TPSA) is 51.4 Å². The number of ether oxygens (including phenoxy) is 1. The van der Waals surface area contributed by atoms with Gasteiger partial charge in [-0.25, -0.2) is 0 Å². The highest BCUT2D eigenvalue weighted by Crippen LogP contribution is 2.25. The Labute approximate surface area is 141 Å². The first-order valence-electron chi connectivity index (χ1n) is 7.89. The lowest BCUT2D eigenvalue weighted by atomic mass is 10.2. The number of nitrogens with zero attached hydrogens (tertiary/aromatic N) is 3. The average molecular weight is 323 g/mol. The van der Waals surface area contributed by atoms with Gasteiger partial charge in [0.2, 0.25) is 11.8 Å². The van der Waals surface area contributed by atoms with E-state index in [1.54, 1.807) is 7.11 Å². The van der Waals surface area contributed by atoms with E-state index in [1.165, 1.54) is 5.56 Å². The molecule has 0 aliphatic heterocycles. The molecule has 0 aliphatic rings. The summed E-state index contributed by atoms with van der Waals surface area (Å²) in [4.78, 5) is 2.18. The van der Waals surface area contributed by atoms with Crippen molar-refractivity contribution in [3.05, 3.63) is 66.1 Å². The van der Waals surface area contributed by atoms with E-state index in [0.29, 0.717) is 11.8 Å². The van der Waals surface area contributed by atoms with Crippen LogP contribution in [0.3, 0.4) is 0 Å². The number of methoxy groups -OCH3 is 1. The number of rotatable bonds is 6. The van der Waals surface area contributed by atoms with Crippen molar-refractivity contribution >= 4 is 0 Å². The molecule has 5 heteroatoms. The van der Waals surface area contributed by atoms with Crippen LogP contribution in [0, 0.1) is 0 Å². The van der Waals surface area contributed by atoms with Gasteiger partial charge in [0.05, 0.1) is 13.2 Å². The summed E-state index contributed by atoms with van der Waals surface area (Å²) in [5.41, 5.74) is 2.13. The highest BCUT2D eigenvalue weighted by molar-refractivity contribution is 5.53. The zero-order valence-corrected chi connectivity index (χ0v) is 14.1. The normalized spacial score (nSPS) is 12.3. The van der Waals surface area contributed by atoms with Gasteiger partial charge in [-0.05, 0) is 43.8 Å². The molecule has 0 saturated carbocycles. The Balaban J connectivity index is 1.71. The highest BCUT2D eigenvalue weighted by Gasteiger charge is 2.19. The number of benzene rings is 2. The molecule has 0 bridgehead atoms. The predicted molar refractivity (Wildman–Crippen MR) is 92.6 cm³/mol. The van der Waals surface area contributed by atoms with Crippen LogP contribution in [-0.4, -0.2) is 29.3 Å². The van der Waals surface area contributed by atoms with E-state index in [9.17, 15) is 0 Å². The van der Waals surface area contributed by atoms with Crippen molar-refractivity contribution in [1.29, 1.82) is 0 Å². The van der Waals surface area contributed by atoms with Crippen LogP contribution < -0.4 is 4.74 Å². The van der Waals surface area contributed by atoms with Crippen LogP contribution in [0.25, 0.3) is 11.5 Å². The molecule has 1 heterocycles. The van der Waals surface area contributed by atoms with E-state index in [1.807, 2.05) is 42.5 Å². The summed E-state index contributed by atoms with van der Waals surface area (Å²) in [6.07, 6.45) is 0. The summed E-state index contributed by atoms with van der Waals surface area (Å²) in [5.74, 6) is 1.93. The minimum atomic E-state index is 0.0321. The predicted octanol–water partition coefficient (Wildman–Crippen LogP) is 3.94. The molecule has 5 nitrogen and oxygen atoms in total. The van der Waals surface area contributed by atoms with Gasteiger partial charge in [-0.15, -0.1) is 10.2 Å². The molecule has 3 aromatic rings. The second-order valence-corrected chi connectivity index (χ2v) is 5.75. The lowest BCUT2D eigenvalue weighted by molar-refractivity contribution is 0.218. The van der Waals surface area contributed by atoms with Crippen LogP contribution >= 0.6 is 0 Å². The molecule has 0 spiro atoms. The zero-order valence-electron chi connectivity index (χ0n) is 14.1. The lowest BCUT2D eigenvalue weighted by Gasteiger charge is -2.21. The Kier molecular flexibility index (Phi) is 4.91. The van der Waals surface area contributed by atoms with E-state index >= 15 is 0 Å². The van der Waals surface area contributed by atoms with E-state index in [2.05, 4.69) is 41.2 Å². The second kappa shape index (κ2) is 7.27. The van der Waals surface area contributed by atoms with E-state index in [4.69, 9.17) is 9.15 Å². The SMILES string of the molecule is COc1ccc(-c2nnc([C@@H](C)N(C)Cc3ccccc3)o2)cc1. The third kappa shape index (κ3) is 3.63. The van der Waals surface area contributed by atoms with Crippen LogP contribution in [0.5, 0.6) is 5.75 Å². The van der Waals surface area contributed by atoms with E-state index < -0.39 is 0 Å². The fourth-order valence-electron chi connectivity index (χ4n) is 2.45. The Morgan fingerprint density at radius 1 is 1.04 bits per heavy atom. The number of hydrogen-bond donors (Lipinski definition) is 0. The maximum atomic E-state index is 5.86. The summed E-state index contributed by atoms with van der Waals surface area (Å²) in [6, 6.07) is 17.9. The summed E-state index contributed by atoms with van der Waals surface area (Å²) in [5, 5.41) is 8.38. The van der Waals surface area contributed by atoms with E-state index in [-0.39, 0.29) is 6.04 Å². The smallest absolute Gasteiger partial charge is 0.247 e. The Bertz CT molecular complexity index is 769. The van der Waals surface area contributed by atoms with Crippen molar-refractivity contribution in [3.8, 4) is 17.2 Å². The Morgan fingerprint density at radius 3 is 2.42 bits per heavy atom. The second-order valence-electron chi connectivity index (χ2n) is 5.75. The van der Waals surface area contributed by atoms with Gasteiger partial charge >= 0.3 is 0 Å². The lowest BCUT2D eigenvalue weighted by Crippen LogP contribution is -2.22. The largest absolute Gasteiger partial charge is 0.497 e. The van der Waals surface area contributed by atoms with Crippen LogP contribution in [0.4, 0.5) is 0 Å². The first-order chi connectivity index (χ1) is 11.7. The molecule has 0 aliphatic carbocycles. The summed E-state index contributed by atoms with van der Waals surface area (Å²) in [7, 11) is 3.69. The third-order valence-corrected chi connectivity index (χ3v) is 4.07. The zero-order chi connectivity index (χ0) is 16.9. The molecule has 3 rings (SSSR count). The van der Waals surface area contributed by atoms with Gasteiger partial charge in [0.25, 0.3) is 0 Å². The van der Waals surface area contributed by atoms with Crippen molar-refractivity contribution < 1.29 is 9.15 Å². The van der Waals surface area contributed by atoms with Gasteiger partial charge in [0, 0.05) is 12.1 Å². The summed E-state index contributed by atoms with van der Waals surface area (Å²) < 4.78 is 11.0. The van der Waals surface area contributed by atoms with Gasteiger partial charge in [-0.2, -0.15) is 0 Å². The quantitative estimate of drug-likeness (QED) is 0.688. The van der Waals surface area contributed by atoms with Gasteiger partial charge < -0.3 is 9.15 Å². The minimum absolute atomic E-state index is 0.0321. The molecule has 0 unspecified atom stereocenters. The van der Waals surface area contributed by atoms with Gasteiger partial charge in [-0.1, -0.05) is 30.3 Å². The van der Waals surface area contributed by atoms with E-state index in [0.717, 1.165) is 17.9 Å². The minimum Gasteiger partial charge on any atom is -0.497 e. The Hall–Kier alpha value is -2.66. The standard InChI is InChI=1S/C19H21N3O2/c1-14(22(2)13-15-7-5-4-6-8-15)18-20-21-19(24-18)16-9-11-17(23-3)12-10-16/h4-12,14H,13H2,1-3H3/t14-/m1/s1. The fraction of sp³-hybridized carbons (Fsp3) is 0.263. The van der Waals surface area contributed by atoms with Crippen molar-refractivity contribution in [2.45, 2.75) is 19.5 Å². The monoisotopic (exact) mass is 323 g/mol. The van der Waals surface area contributed by atoms with Crippen molar-refractivity contribution in [2.75, 3.05) is 14.2 Å². The molecule has 1 atom stereocenters. The number of hydrogen-bond acceptors (Lipinski definition) is 5. The first kappa shape index (κ1) is 16.2.